The molecule has 0 fully saturated rings. The smallest absolute Gasteiger partial charge is 0.188 e. The number of H-pyrrole nitrogens is 3. The van der Waals surface area contributed by atoms with Crippen molar-refractivity contribution in [2.75, 3.05) is 24.7 Å². The Morgan fingerprint density at radius 2 is 1.13 bits per heavy atom. The van der Waals surface area contributed by atoms with E-state index in [0.717, 1.165) is 45.1 Å². The topological polar surface area (TPSA) is 232 Å². The van der Waals surface area contributed by atoms with Crippen LogP contribution in [0.25, 0.3) is 33.1 Å². The number of aromatic nitrogens is 6. The zero-order chi connectivity index (χ0) is 33.8. The number of benzene rings is 4. The molecule has 0 atom stereocenters. The molecule has 3 aromatic heterocycles. The number of aliphatic hydroxyl groups excluding tert-OH is 1. The van der Waals surface area contributed by atoms with Crippen LogP contribution in [-0.2, 0) is 17.6 Å². The molecule has 11 N–H and O–H groups in total. The van der Waals surface area contributed by atoms with E-state index in [1.165, 1.54) is 6.07 Å². The maximum atomic E-state index is 9.76. The monoisotopic (exact) mass is 797 g/mol. The molecular formula is C35H47Cl4N9O4. The Bertz CT molecular complexity index is 1980. The van der Waals surface area contributed by atoms with Crippen LogP contribution in [0, 0.1) is 5.41 Å². The van der Waals surface area contributed by atoms with Crippen molar-refractivity contribution in [1.82, 2.24) is 29.9 Å². The molecule has 7 aromatic rings. The van der Waals surface area contributed by atoms with Gasteiger partial charge in [0.25, 0.3) is 0 Å². The summed E-state index contributed by atoms with van der Waals surface area (Å²) in [6.07, 6.45) is 0.991. The van der Waals surface area contributed by atoms with E-state index < -0.39 is 0 Å². The predicted octanol–water partition coefficient (Wildman–Crippen LogP) is 7.73. The number of imidazole rings is 3. The number of nitrogens with two attached hydrogens (primary N) is 2. The Morgan fingerprint density at radius 1 is 0.673 bits per heavy atom. The first kappa shape index (κ1) is 49.2. The molecule has 0 unspecified atom stereocenters. The van der Waals surface area contributed by atoms with E-state index in [0.29, 0.717) is 30.7 Å². The highest BCUT2D eigenvalue weighted by Crippen LogP contribution is 2.25. The number of hydrogen-bond donors (Lipinski definition) is 9. The van der Waals surface area contributed by atoms with Gasteiger partial charge in [0.15, 0.2) is 5.90 Å². The van der Waals surface area contributed by atoms with Crippen LogP contribution >= 0.6 is 49.6 Å². The fourth-order valence-electron chi connectivity index (χ4n) is 4.44. The van der Waals surface area contributed by atoms with Crippen molar-refractivity contribution in [3.63, 3.8) is 0 Å². The van der Waals surface area contributed by atoms with Gasteiger partial charge in [0.1, 0.15) is 34.5 Å². The van der Waals surface area contributed by atoms with Crippen molar-refractivity contribution in [1.29, 1.82) is 5.41 Å². The standard InChI is InChI=1S/C15H12N4O.C11H13N3O.C6H8N2O.C2H6O.CH4.4ClH/c20-12-7-3-6-11-15(12)19-14(18-11)8-13-16-9-4-1-2-5-10(9)17-13;1-2-15-10(12)7-11-13-8-5-3-4-6-9(8)14-11;7-4-2-1-3-5(9)6(4)8;1-2-3;;;;;/h1-7,20H,8H2,(H,16,17)(H,18,19);3-6,12H,2,7H2,1H3,(H,13,14);1-3,9H,7-8H2;3H,2H2,1H3;1H4;4*1H. The summed E-state index contributed by atoms with van der Waals surface area (Å²) >= 11 is 0. The number of nitrogens with zero attached hydrogens (tertiary/aromatic N) is 3. The van der Waals surface area contributed by atoms with Gasteiger partial charge < -0.3 is 46.5 Å². The van der Waals surface area contributed by atoms with E-state index >= 15 is 0 Å². The minimum atomic E-state index is 0. The van der Waals surface area contributed by atoms with Gasteiger partial charge in [-0.3, -0.25) is 5.41 Å². The second-order valence-electron chi connectivity index (χ2n) is 10.1. The molecule has 0 spiro atoms. The van der Waals surface area contributed by atoms with Gasteiger partial charge >= 0.3 is 0 Å². The Balaban J connectivity index is 0. The van der Waals surface area contributed by atoms with Crippen molar-refractivity contribution in [3.05, 3.63) is 102 Å². The number of aromatic hydroxyl groups is 2. The average Bonchev–Trinajstić information content (AvgIpc) is 3.77. The first-order valence-electron chi connectivity index (χ1n) is 14.9. The quantitative estimate of drug-likeness (QED) is 0.0358. The zero-order valence-corrected chi connectivity index (χ0v) is 31.1. The van der Waals surface area contributed by atoms with E-state index in [9.17, 15) is 5.11 Å². The molecule has 7 rings (SSSR count). The van der Waals surface area contributed by atoms with Crippen LogP contribution in [-0.4, -0.2) is 64.3 Å². The summed E-state index contributed by atoms with van der Waals surface area (Å²) in [7, 11) is 0. The number of rotatable bonds is 5. The number of halogens is 4. The highest BCUT2D eigenvalue weighted by molar-refractivity contribution is 5.86. The highest BCUT2D eigenvalue weighted by Gasteiger charge is 2.09. The number of aliphatic hydroxyl groups is 1. The lowest BCUT2D eigenvalue weighted by Gasteiger charge is -2.01. The molecule has 284 valence electrons. The van der Waals surface area contributed by atoms with Gasteiger partial charge in [0, 0.05) is 6.61 Å². The molecule has 0 aliphatic heterocycles. The maximum absolute atomic E-state index is 9.76. The minimum absolute atomic E-state index is 0. The second-order valence-corrected chi connectivity index (χ2v) is 10.1. The van der Waals surface area contributed by atoms with Crippen molar-refractivity contribution in [2.45, 2.75) is 34.1 Å². The lowest BCUT2D eigenvalue weighted by Crippen LogP contribution is -2.07. The largest absolute Gasteiger partial charge is 0.506 e. The third-order valence-corrected chi connectivity index (χ3v) is 6.52. The normalized spacial score (nSPS) is 9.37. The van der Waals surface area contributed by atoms with Crippen LogP contribution in [0.2, 0.25) is 0 Å². The van der Waals surface area contributed by atoms with Crippen LogP contribution in [0.5, 0.6) is 11.5 Å². The Morgan fingerprint density at radius 3 is 1.65 bits per heavy atom. The molecule has 0 amide bonds. The van der Waals surface area contributed by atoms with E-state index in [4.69, 9.17) is 31.8 Å². The summed E-state index contributed by atoms with van der Waals surface area (Å²) in [6, 6.07) is 25.8. The molecular weight excluding hydrogens is 752 g/mol. The summed E-state index contributed by atoms with van der Waals surface area (Å²) in [5.41, 5.74) is 16.6. The number of nitrogens with one attached hydrogen (secondary N) is 4. The SMILES string of the molecule is C.CCO.CCOC(=N)Cc1nc2ccccc2[nH]1.Cl.Cl.Cl.Cl.Nc1cccc(O)c1N.Oc1cccc2[nH]c(Cc3nc4ccccc4[nH]3)nc12. The first-order valence-corrected chi connectivity index (χ1v) is 14.9. The Kier molecular flexibility index (Phi) is 23.0. The average molecular weight is 800 g/mol. The fraction of sp³-hybridized carbons (Fsp3) is 0.200. The molecule has 3 heterocycles. The van der Waals surface area contributed by atoms with Crippen molar-refractivity contribution >= 4 is 100 Å². The van der Waals surface area contributed by atoms with Crippen LogP contribution < -0.4 is 11.5 Å². The molecule has 0 bridgehead atoms. The van der Waals surface area contributed by atoms with Crippen molar-refractivity contribution < 1.29 is 20.1 Å². The number of aromatic amines is 3. The highest BCUT2D eigenvalue weighted by atomic mass is 35.5. The number of ether oxygens (including phenoxy) is 1. The summed E-state index contributed by atoms with van der Waals surface area (Å²) in [4.78, 5) is 22.9. The van der Waals surface area contributed by atoms with Gasteiger partial charge in [-0.25, -0.2) is 15.0 Å². The van der Waals surface area contributed by atoms with Gasteiger partial charge in [-0.2, -0.15) is 0 Å². The molecule has 13 nitrogen and oxygen atoms in total. The molecule has 0 aliphatic carbocycles. The van der Waals surface area contributed by atoms with Crippen LogP contribution in [0.15, 0.2) is 84.9 Å². The van der Waals surface area contributed by atoms with Crippen molar-refractivity contribution in [2.24, 2.45) is 0 Å². The maximum Gasteiger partial charge on any atom is 0.188 e. The number of para-hydroxylation sites is 6. The number of fused-ring (bicyclic) bond motifs is 3. The van der Waals surface area contributed by atoms with Gasteiger partial charge in [-0.15, -0.1) is 49.6 Å². The van der Waals surface area contributed by atoms with Gasteiger partial charge in [0.2, 0.25) is 0 Å². The number of nitrogen functional groups attached to an aromatic ring is 2. The fourth-order valence-corrected chi connectivity index (χ4v) is 4.44. The number of anilines is 2. The molecule has 4 aromatic carbocycles. The van der Waals surface area contributed by atoms with Gasteiger partial charge in [-0.05, 0) is 62.4 Å². The Hall–Kier alpha value is -4.92. The van der Waals surface area contributed by atoms with E-state index in [-0.39, 0.29) is 86.7 Å². The number of phenolic OH excluding ortho intramolecular Hbond substituents is 2. The molecule has 0 saturated heterocycles. The lowest BCUT2D eigenvalue weighted by molar-refractivity contribution is 0.316. The van der Waals surface area contributed by atoms with Gasteiger partial charge in [0.05, 0.1) is 58.4 Å². The van der Waals surface area contributed by atoms with E-state index in [2.05, 4.69) is 29.9 Å². The summed E-state index contributed by atoms with van der Waals surface area (Å²) in [6.45, 7) is 4.33. The molecule has 52 heavy (non-hydrogen) atoms. The summed E-state index contributed by atoms with van der Waals surface area (Å²) in [5.74, 6) is 2.88. The summed E-state index contributed by atoms with van der Waals surface area (Å²) in [5, 5.41) is 33.7. The molecule has 0 radical (unpaired) electrons. The number of hydrogen-bond acceptors (Lipinski definition) is 10. The van der Waals surface area contributed by atoms with Crippen LogP contribution in [0.4, 0.5) is 11.4 Å². The second kappa shape index (κ2) is 24.3. The first-order chi connectivity index (χ1) is 22.7. The van der Waals surface area contributed by atoms with Crippen molar-refractivity contribution in [3.8, 4) is 11.5 Å². The van der Waals surface area contributed by atoms with E-state index in [1.54, 1.807) is 31.2 Å². The van der Waals surface area contributed by atoms with E-state index in [1.807, 2.05) is 61.5 Å². The summed E-state index contributed by atoms with van der Waals surface area (Å²) < 4.78 is 5.07. The third-order valence-electron chi connectivity index (χ3n) is 6.52. The lowest BCUT2D eigenvalue weighted by atomic mass is 10.2. The molecule has 0 saturated carbocycles. The molecule has 17 heteroatoms. The zero-order valence-electron chi connectivity index (χ0n) is 27.8. The van der Waals surface area contributed by atoms with Gasteiger partial charge in [-0.1, -0.05) is 43.8 Å². The minimum Gasteiger partial charge on any atom is -0.506 e. The van der Waals surface area contributed by atoms with Crippen LogP contribution in [0.1, 0.15) is 38.7 Å². The predicted molar refractivity (Wildman–Crippen MR) is 221 cm³/mol. The van der Waals surface area contributed by atoms with Crippen LogP contribution in [0.3, 0.4) is 0 Å². The number of phenols is 2. The molecule has 0 aliphatic rings. The third kappa shape index (κ3) is 13.7. The Labute approximate surface area is 326 Å².